The van der Waals surface area contributed by atoms with Crippen LogP contribution in [0.2, 0.25) is 0 Å². The van der Waals surface area contributed by atoms with Crippen molar-refractivity contribution in [1.29, 1.82) is 0 Å². The predicted octanol–water partition coefficient (Wildman–Crippen LogP) is 0.387. The van der Waals surface area contributed by atoms with E-state index in [0.717, 1.165) is 4.90 Å². The molecule has 0 saturated carbocycles. The number of carbonyl (C=O) groups excluding carboxylic acids is 2. The Kier molecular flexibility index (Phi) is 5.23. The normalized spacial score (nSPS) is 12.9. The van der Waals surface area contributed by atoms with Crippen molar-refractivity contribution in [1.82, 2.24) is 4.90 Å². The van der Waals surface area contributed by atoms with Crippen molar-refractivity contribution in [3.8, 4) is 0 Å². The van der Waals surface area contributed by atoms with Gasteiger partial charge in [0.25, 0.3) is 0 Å². The van der Waals surface area contributed by atoms with Gasteiger partial charge in [0.2, 0.25) is 0 Å². The van der Waals surface area contributed by atoms with Gasteiger partial charge in [-0.3, -0.25) is 4.90 Å². The summed E-state index contributed by atoms with van der Waals surface area (Å²) in [4.78, 5) is 23.8. The summed E-state index contributed by atoms with van der Waals surface area (Å²) in [5, 5.41) is 8.99. The van der Waals surface area contributed by atoms with E-state index in [9.17, 15) is 9.59 Å². The fourth-order valence-corrected chi connectivity index (χ4v) is 0.952. The van der Waals surface area contributed by atoms with E-state index in [1.807, 2.05) is 0 Å². The zero-order chi connectivity index (χ0) is 12.9. The molecule has 1 N–H and O–H groups in total. The van der Waals surface area contributed by atoms with Crippen molar-refractivity contribution >= 4 is 12.1 Å². The number of likely N-dealkylation sites (N-methyl/N-ethyl adjacent to an activating group) is 1. The lowest BCUT2D eigenvalue weighted by Gasteiger charge is -2.28. The molecule has 0 radical (unpaired) electrons. The van der Waals surface area contributed by atoms with E-state index in [1.54, 1.807) is 20.8 Å². The summed E-state index contributed by atoms with van der Waals surface area (Å²) in [6, 6.07) is -1.04. The first-order valence-corrected chi connectivity index (χ1v) is 4.87. The zero-order valence-corrected chi connectivity index (χ0v) is 10.3. The van der Waals surface area contributed by atoms with E-state index < -0.39 is 30.3 Å². The van der Waals surface area contributed by atoms with Gasteiger partial charge >= 0.3 is 12.1 Å². The van der Waals surface area contributed by atoms with Crippen LogP contribution >= 0.6 is 0 Å². The number of esters is 1. The Bertz CT molecular complexity index is 258. The number of aliphatic hydroxyl groups excluding tert-OH is 1. The first-order chi connectivity index (χ1) is 7.22. The number of ether oxygens (including phenoxy) is 2. The van der Waals surface area contributed by atoms with Crippen molar-refractivity contribution in [2.75, 3.05) is 20.8 Å². The highest BCUT2D eigenvalue weighted by Gasteiger charge is 2.30. The van der Waals surface area contributed by atoms with Crippen LogP contribution in [-0.4, -0.2) is 54.5 Å². The first-order valence-electron chi connectivity index (χ1n) is 4.87. The van der Waals surface area contributed by atoms with E-state index in [1.165, 1.54) is 14.2 Å². The molecule has 0 unspecified atom stereocenters. The number of methoxy groups -OCH3 is 1. The Labute approximate surface area is 95.1 Å². The summed E-state index contributed by atoms with van der Waals surface area (Å²) in [6.07, 6.45) is -0.683. The van der Waals surface area contributed by atoms with E-state index >= 15 is 0 Å². The SMILES string of the molecule is COC(=O)[C@@H](CO)N(C)C(=O)OC(C)(C)C. The quantitative estimate of drug-likeness (QED) is 0.713. The van der Waals surface area contributed by atoms with Gasteiger partial charge in [0.05, 0.1) is 13.7 Å². The molecule has 94 valence electrons. The second-order valence-corrected chi connectivity index (χ2v) is 4.31. The number of aliphatic hydroxyl groups is 1. The van der Waals surface area contributed by atoms with Crippen LogP contribution < -0.4 is 0 Å². The van der Waals surface area contributed by atoms with Gasteiger partial charge in [-0.25, -0.2) is 9.59 Å². The fraction of sp³-hybridized carbons (Fsp3) is 0.800. The lowest BCUT2D eigenvalue weighted by molar-refractivity contribution is -0.147. The average Bonchev–Trinajstić information content (AvgIpc) is 2.15. The number of rotatable bonds is 3. The van der Waals surface area contributed by atoms with Crippen molar-refractivity contribution in [3.05, 3.63) is 0 Å². The Morgan fingerprint density at radius 2 is 1.88 bits per heavy atom. The molecule has 0 aliphatic rings. The Balaban J connectivity index is 4.57. The molecule has 0 aromatic rings. The van der Waals surface area contributed by atoms with Gasteiger partial charge in [-0.05, 0) is 20.8 Å². The molecule has 0 saturated heterocycles. The number of nitrogens with zero attached hydrogens (tertiary/aromatic N) is 1. The van der Waals surface area contributed by atoms with E-state index in [0.29, 0.717) is 0 Å². The summed E-state index contributed by atoms with van der Waals surface area (Å²) in [7, 11) is 2.56. The molecule has 6 heteroatoms. The third-order valence-electron chi connectivity index (χ3n) is 1.80. The number of amides is 1. The van der Waals surface area contributed by atoms with Crippen LogP contribution in [-0.2, 0) is 14.3 Å². The molecule has 1 amide bonds. The lowest BCUT2D eigenvalue weighted by atomic mass is 10.2. The Morgan fingerprint density at radius 1 is 1.38 bits per heavy atom. The highest BCUT2D eigenvalue weighted by Crippen LogP contribution is 2.11. The molecule has 6 nitrogen and oxygen atoms in total. The summed E-state index contributed by atoms with van der Waals surface area (Å²) in [6.45, 7) is 4.63. The van der Waals surface area contributed by atoms with Gasteiger partial charge in [0.15, 0.2) is 6.04 Å². The molecule has 0 aromatic carbocycles. The number of hydrogen-bond acceptors (Lipinski definition) is 5. The van der Waals surface area contributed by atoms with Crippen LogP contribution in [0.4, 0.5) is 4.79 Å². The molecular formula is C10H19NO5. The third-order valence-corrected chi connectivity index (χ3v) is 1.80. The Morgan fingerprint density at radius 3 is 2.19 bits per heavy atom. The van der Waals surface area contributed by atoms with Crippen LogP contribution in [0.3, 0.4) is 0 Å². The molecule has 0 aromatic heterocycles. The maximum Gasteiger partial charge on any atom is 0.410 e. The first kappa shape index (κ1) is 14.7. The van der Waals surface area contributed by atoms with Gasteiger partial charge in [0.1, 0.15) is 5.60 Å². The van der Waals surface area contributed by atoms with Crippen LogP contribution in [0, 0.1) is 0 Å². The Hall–Kier alpha value is -1.30. The van der Waals surface area contributed by atoms with E-state index in [2.05, 4.69) is 4.74 Å². The van der Waals surface area contributed by atoms with Crippen molar-refractivity contribution in [2.24, 2.45) is 0 Å². The van der Waals surface area contributed by atoms with Gasteiger partial charge in [0, 0.05) is 7.05 Å². The molecular weight excluding hydrogens is 214 g/mol. The van der Waals surface area contributed by atoms with Crippen molar-refractivity contribution < 1.29 is 24.2 Å². The summed E-state index contributed by atoms with van der Waals surface area (Å²) in [5.41, 5.74) is -0.651. The fourth-order valence-electron chi connectivity index (χ4n) is 0.952. The highest BCUT2D eigenvalue weighted by atomic mass is 16.6. The summed E-state index contributed by atoms with van der Waals surface area (Å²) < 4.78 is 9.50. The third kappa shape index (κ3) is 4.48. The smallest absolute Gasteiger partial charge is 0.410 e. The molecule has 0 bridgehead atoms. The number of carbonyl (C=O) groups is 2. The topological polar surface area (TPSA) is 76.1 Å². The largest absolute Gasteiger partial charge is 0.467 e. The van der Waals surface area contributed by atoms with Crippen LogP contribution in [0.25, 0.3) is 0 Å². The van der Waals surface area contributed by atoms with Crippen molar-refractivity contribution in [2.45, 2.75) is 32.4 Å². The van der Waals surface area contributed by atoms with E-state index in [4.69, 9.17) is 9.84 Å². The predicted molar refractivity (Wildman–Crippen MR) is 56.9 cm³/mol. The van der Waals surface area contributed by atoms with Crippen LogP contribution in [0.1, 0.15) is 20.8 Å². The molecule has 0 aliphatic heterocycles. The number of hydrogen-bond donors (Lipinski definition) is 1. The molecule has 0 fully saturated rings. The molecule has 1 atom stereocenters. The molecule has 0 heterocycles. The van der Waals surface area contributed by atoms with Crippen molar-refractivity contribution in [3.63, 3.8) is 0 Å². The monoisotopic (exact) mass is 233 g/mol. The summed E-state index contributed by atoms with van der Waals surface area (Å²) in [5.74, 6) is -0.684. The summed E-state index contributed by atoms with van der Waals surface area (Å²) >= 11 is 0. The molecule has 0 rings (SSSR count). The standard InChI is InChI=1S/C10H19NO5/c1-10(2,3)16-9(14)11(4)7(6-12)8(13)15-5/h7,12H,6H2,1-5H3/t7-/m1/s1. The maximum atomic E-state index is 11.6. The van der Waals surface area contributed by atoms with E-state index in [-0.39, 0.29) is 0 Å². The minimum absolute atomic E-state index is 0.511. The molecule has 0 aliphatic carbocycles. The van der Waals surface area contributed by atoms with Gasteiger partial charge in [-0.15, -0.1) is 0 Å². The average molecular weight is 233 g/mol. The van der Waals surface area contributed by atoms with Crippen LogP contribution in [0.5, 0.6) is 0 Å². The highest BCUT2D eigenvalue weighted by molar-refractivity contribution is 5.81. The van der Waals surface area contributed by atoms with Gasteiger partial charge in [-0.2, -0.15) is 0 Å². The minimum atomic E-state index is -1.04. The van der Waals surface area contributed by atoms with Gasteiger partial charge < -0.3 is 14.6 Å². The minimum Gasteiger partial charge on any atom is -0.467 e. The van der Waals surface area contributed by atoms with Gasteiger partial charge in [-0.1, -0.05) is 0 Å². The zero-order valence-electron chi connectivity index (χ0n) is 10.3. The maximum absolute atomic E-state index is 11.6. The second kappa shape index (κ2) is 5.69. The lowest BCUT2D eigenvalue weighted by Crippen LogP contribution is -2.47. The molecule has 0 spiro atoms. The van der Waals surface area contributed by atoms with Crippen LogP contribution in [0.15, 0.2) is 0 Å². The second-order valence-electron chi connectivity index (χ2n) is 4.31. The molecule has 16 heavy (non-hydrogen) atoms.